The molecule has 0 aliphatic rings. The van der Waals surface area contributed by atoms with E-state index in [1.165, 1.54) is 0 Å². The minimum absolute atomic E-state index is 0.0319. The molecule has 0 aliphatic carbocycles. The van der Waals surface area contributed by atoms with Crippen molar-refractivity contribution in [3.05, 3.63) is 42.5 Å². The lowest BCUT2D eigenvalue weighted by Crippen LogP contribution is -2.35. The van der Waals surface area contributed by atoms with Crippen molar-refractivity contribution in [2.45, 2.75) is 31.3 Å². The van der Waals surface area contributed by atoms with Crippen molar-refractivity contribution in [2.75, 3.05) is 6.54 Å². The summed E-state index contributed by atoms with van der Waals surface area (Å²) in [6.07, 6.45) is 0.129. The van der Waals surface area contributed by atoms with E-state index >= 15 is 0 Å². The van der Waals surface area contributed by atoms with E-state index in [1.807, 2.05) is 38.1 Å². The molecule has 4 nitrogen and oxygen atoms in total. The average Bonchev–Trinajstić information content (AvgIpc) is 2.51. The van der Waals surface area contributed by atoms with E-state index < -0.39 is 16.1 Å². The SMILES string of the molecule is CCC(C)C(O)CNS(=O)(=O)c1ccc2ccccc2c1. The zero-order valence-electron chi connectivity index (χ0n) is 12.3. The Balaban J connectivity index is 2.17. The lowest BCUT2D eigenvalue weighted by Gasteiger charge is -2.17. The van der Waals surface area contributed by atoms with E-state index in [4.69, 9.17) is 0 Å². The third-order valence-electron chi connectivity index (χ3n) is 3.81. The van der Waals surface area contributed by atoms with Gasteiger partial charge in [0.2, 0.25) is 10.0 Å². The lowest BCUT2D eigenvalue weighted by atomic mass is 10.0. The molecule has 21 heavy (non-hydrogen) atoms. The Morgan fingerprint density at radius 2 is 1.81 bits per heavy atom. The molecule has 0 amide bonds. The standard InChI is InChI=1S/C16H21NO3S/c1-3-12(2)16(18)11-17-21(19,20)15-9-8-13-6-4-5-7-14(13)10-15/h4-10,12,16-18H,3,11H2,1-2H3. The van der Waals surface area contributed by atoms with Crippen LogP contribution in [-0.2, 0) is 10.0 Å². The average molecular weight is 307 g/mol. The van der Waals surface area contributed by atoms with Crippen LogP contribution in [0.4, 0.5) is 0 Å². The number of hydrogen-bond acceptors (Lipinski definition) is 3. The molecule has 0 saturated heterocycles. The molecule has 114 valence electrons. The van der Waals surface area contributed by atoms with Crippen LogP contribution in [-0.4, -0.2) is 26.2 Å². The highest BCUT2D eigenvalue weighted by molar-refractivity contribution is 7.89. The fourth-order valence-electron chi connectivity index (χ4n) is 2.09. The maximum absolute atomic E-state index is 12.3. The van der Waals surface area contributed by atoms with E-state index in [0.29, 0.717) is 0 Å². The van der Waals surface area contributed by atoms with E-state index in [1.54, 1.807) is 18.2 Å². The van der Waals surface area contributed by atoms with E-state index in [0.717, 1.165) is 17.2 Å². The predicted molar refractivity (Wildman–Crippen MR) is 84.6 cm³/mol. The van der Waals surface area contributed by atoms with Crippen LogP contribution >= 0.6 is 0 Å². The summed E-state index contributed by atoms with van der Waals surface area (Å²) in [6.45, 7) is 3.89. The van der Waals surface area contributed by atoms with Gasteiger partial charge in [0, 0.05) is 6.54 Å². The zero-order chi connectivity index (χ0) is 15.5. The highest BCUT2D eigenvalue weighted by Crippen LogP contribution is 2.19. The summed E-state index contributed by atoms with van der Waals surface area (Å²) in [5, 5.41) is 11.7. The number of hydrogen-bond donors (Lipinski definition) is 2. The lowest BCUT2D eigenvalue weighted by molar-refractivity contribution is 0.118. The van der Waals surface area contributed by atoms with Gasteiger partial charge >= 0.3 is 0 Å². The molecule has 2 aromatic rings. The van der Waals surface area contributed by atoms with Crippen molar-refractivity contribution >= 4 is 20.8 Å². The van der Waals surface area contributed by atoms with Crippen LogP contribution in [0.15, 0.2) is 47.4 Å². The second kappa shape index (κ2) is 6.56. The molecule has 5 heteroatoms. The highest BCUT2D eigenvalue weighted by atomic mass is 32.2. The van der Waals surface area contributed by atoms with Crippen LogP contribution in [0.3, 0.4) is 0 Å². The number of sulfonamides is 1. The fraction of sp³-hybridized carbons (Fsp3) is 0.375. The molecule has 2 atom stereocenters. The minimum Gasteiger partial charge on any atom is -0.391 e. The van der Waals surface area contributed by atoms with Crippen LogP contribution < -0.4 is 4.72 Å². The predicted octanol–water partition coefficient (Wildman–Crippen LogP) is 2.53. The number of fused-ring (bicyclic) bond motifs is 1. The monoisotopic (exact) mass is 307 g/mol. The largest absolute Gasteiger partial charge is 0.391 e. The Morgan fingerprint density at radius 1 is 1.14 bits per heavy atom. The van der Waals surface area contributed by atoms with Crippen molar-refractivity contribution in [3.63, 3.8) is 0 Å². The van der Waals surface area contributed by atoms with Crippen molar-refractivity contribution in [2.24, 2.45) is 5.92 Å². The van der Waals surface area contributed by atoms with E-state index in [9.17, 15) is 13.5 Å². The summed E-state index contributed by atoms with van der Waals surface area (Å²) in [7, 11) is -3.60. The number of aliphatic hydroxyl groups is 1. The van der Waals surface area contributed by atoms with Crippen LogP contribution in [0.25, 0.3) is 10.8 Å². The van der Waals surface area contributed by atoms with Gasteiger partial charge < -0.3 is 5.11 Å². The van der Waals surface area contributed by atoms with Gasteiger partial charge in [-0.2, -0.15) is 0 Å². The smallest absolute Gasteiger partial charge is 0.240 e. The van der Waals surface area contributed by atoms with Gasteiger partial charge in [0.15, 0.2) is 0 Å². The molecular weight excluding hydrogens is 286 g/mol. The molecule has 0 spiro atoms. The Labute approximate surface area is 125 Å². The Bertz CT molecular complexity index is 712. The molecule has 0 aromatic heterocycles. The Kier molecular flexibility index (Phi) is 4.98. The highest BCUT2D eigenvalue weighted by Gasteiger charge is 2.18. The topological polar surface area (TPSA) is 66.4 Å². The molecule has 2 aromatic carbocycles. The van der Waals surface area contributed by atoms with Crippen LogP contribution in [0.2, 0.25) is 0 Å². The molecule has 0 aliphatic heterocycles. The van der Waals surface area contributed by atoms with E-state index in [-0.39, 0.29) is 17.4 Å². The van der Waals surface area contributed by atoms with Crippen molar-refractivity contribution in [1.29, 1.82) is 0 Å². The summed E-state index contributed by atoms with van der Waals surface area (Å²) in [6, 6.07) is 12.6. The number of aliphatic hydroxyl groups excluding tert-OH is 1. The number of benzene rings is 2. The summed E-state index contributed by atoms with van der Waals surface area (Å²) in [5.74, 6) is 0.0595. The summed E-state index contributed by atoms with van der Waals surface area (Å²) in [4.78, 5) is 0.220. The van der Waals surface area contributed by atoms with Gasteiger partial charge in [-0.15, -0.1) is 0 Å². The first kappa shape index (κ1) is 15.9. The molecule has 0 bridgehead atoms. The first-order chi connectivity index (χ1) is 9.94. The van der Waals surface area contributed by atoms with Gasteiger partial charge in [-0.25, -0.2) is 13.1 Å². The molecular formula is C16H21NO3S. The summed E-state index contributed by atoms with van der Waals surface area (Å²) in [5.41, 5.74) is 0. The zero-order valence-corrected chi connectivity index (χ0v) is 13.1. The number of nitrogens with one attached hydrogen (secondary N) is 1. The second-order valence-corrected chi connectivity index (χ2v) is 7.08. The molecule has 0 heterocycles. The quantitative estimate of drug-likeness (QED) is 0.862. The van der Waals surface area contributed by atoms with Gasteiger partial charge in [0.05, 0.1) is 11.0 Å². The van der Waals surface area contributed by atoms with Crippen LogP contribution in [0.1, 0.15) is 20.3 Å². The second-order valence-electron chi connectivity index (χ2n) is 5.31. The van der Waals surface area contributed by atoms with Gasteiger partial charge in [-0.1, -0.05) is 50.6 Å². The normalized spacial score (nSPS) is 15.0. The molecule has 2 rings (SSSR count). The Hall–Kier alpha value is -1.43. The van der Waals surface area contributed by atoms with Gasteiger partial charge in [-0.05, 0) is 28.8 Å². The van der Waals surface area contributed by atoms with Gasteiger partial charge in [0.25, 0.3) is 0 Å². The first-order valence-corrected chi connectivity index (χ1v) is 8.59. The summed E-state index contributed by atoms with van der Waals surface area (Å²) >= 11 is 0. The third kappa shape index (κ3) is 3.81. The molecule has 0 fully saturated rings. The molecule has 2 unspecified atom stereocenters. The fourth-order valence-corrected chi connectivity index (χ4v) is 3.17. The van der Waals surface area contributed by atoms with Gasteiger partial charge in [0.1, 0.15) is 0 Å². The van der Waals surface area contributed by atoms with Crippen molar-refractivity contribution < 1.29 is 13.5 Å². The Morgan fingerprint density at radius 3 is 2.48 bits per heavy atom. The maximum Gasteiger partial charge on any atom is 0.240 e. The van der Waals surface area contributed by atoms with E-state index in [2.05, 4.69) is 4.72 Å². The first-order valence-electron chi connectivity index (χ1n) is 7.10. The minimum atomic E-state index is -3.60. The summed E-state index contributed by atoms with van der Waals surface area (Å²) < 4.78 is 27.0. The van der Waals surface area contributed by atoms with Crippen molar-refractivity contribution in [3.8, 4) is 0 Å². The molecule has 0 saturated carbocycles. The number of rotatable bonds is 6. The van der Waals surface area contributed by atoms with Crippen molar-refractivity contribution in [1.82, 2.24) is 4.72 Å². The maximum atomic E-state index is 12.3. The molecule has 2 N–H and O–H groups in total. The van der Waals surface area contributed by atoms with Crippen LogP contribution in [0.5, 0.6) is 0 Å². The van der Waals surface area contributed by atoms with Gasteiger partial charge in [-0.3, -0.25) is 0 Å². The van der Waals surface area contributed by atoms with Crippen LogP contribution in [0, 0.1) is 5.92 Å². The molecule has 0 radical (unpaired) electrons. The third-order valence-corrected chi connectivity index (χ3v) is 5.24.